The number of piperidine rings is 3. The molecule has 4 aliphatic rings. The van der Waals surface area contributed by atoms with Crippen LogP contribution in [0.4, 0.5) is 5.69 Å². The molecule has 1 aromatic carbocycles. The van der Waals surface area contributed by atoms with Gasteiger partial charge in [0, 0.05) is 5.92 Å². The molecule has 4 N–H and O–H groups in total. The molecule has 3 saturated heterocycles. The van der Waals surface area contributed by atoms with Crippen LogP contribution in [0.2, 0.25) is 0 Å². The Hall–Kier alpha value is -1.99. The van der Waals surface area contributed by atoms with E-state index in [0.29, 0.717) is 23.9 Å². The van der Waals surface area contributed by atoms with Crippen molar-refractivity contribution in [3.63, 3.8) is 0 Å². The third kappa shape index (κ3) is 2.22. The average molecular weight is 332 g/mol. The van der Waals surface area contributed by atoms with Crippen LogP contribution in [0.15, 0.2) is 17.2 Å². The fourth-order valence-electron chi connectivity index (χ4n) is 4.40. The number of aliphatic hydroxyl groups is 1. The third-order valence-corrected chi connectivity index (χ3v) is 5.53. The van der Waals surface area contributed by atoms with E-state index in [1.54, 1.807) is 6.07 Å². The summed E-state index contributed by atoms with van der Waals surface area (Å²) < 4.78 is 5.27. The molecule has 2 bridgehead atoms. The minimum absolute atomic E-state index is 0.00736. The Kier molecular flexibility index (Phi) is 3.77. The highest BCUT2D eigenvalue weighted by atomic mass is 16.5. The van der Waals surface area contributed by atoms with Crippen LogP contribution >= 0.6 is 0 Å². The maximum atomic E-state index is 10.0. The van der Waals surface area contributed by atoms with Crippen molar-refractivity contribution in [1.29, 1.82) is 0 Å². The summed E-state index contributed by atoms with van der Waals surface area (Å²) in [6, 6.07) is 3.85. The van der Waals surface area contributed by atoms with Crippen molar-refractivity contribution < 1.29 is 14.9 Å². The van der Waals surface area contributed by atoms with Crippen molar-refractivity contribution in [2.75, 3.05) is 39.1 Å². The number of nitrogens with zero attached hydrogens (tertiary/aromatic N) is 3. The summed E-state index contributed by atoms with van der Waals surface area (Å²) >= 11 is 0. The summed E-state index contributed by atoms with van der Waals surface area (Å²) in [5.41, 5.74) is 8.48. The Labute approximate surface area is 141 Å². The molecule has 7 nitrogen and oxygen atoms in total. The van der Waals surface area contributed by atoms with Crippen molar-refractivity contribution in [3.8, 4) is 11.5 Å². The fourth-order valence-corrected chi connectivity index (χ4v) is 4.40. The normalized spacial score (nSPS) is 31.1. The maximum absolute atomic E-state index is 10.0. The molecule has 2 unspecified atom stereocenters. The average Bonchev–Trinajstić information content (AvgIpc) is 2.99. The van der Waals surface area contributed by atoms with Crippen LogP contribution in [0.3, 0.4) is 0 Å². The highest BCUT2D eigenvalue weighted by molar-refractivity contribution is 5.95. The molecule has 7 heteroatoms. The van der Waals surface area contributed by atoms with Crippen molar-refractivity contribution in [3.05, 3.63) is 17.7 Å². The van der Waals surface area contributed by atoms with Crippen molar-refractivity contribution in [2.45, 2.75) is 24.9 Å². The van der Waals surface area contributed by atoms with Crippen LogP contribution in [0.5, 0.6) is 11.5 Å². The molecule has 0 aliphatic carbocycles. The van der Waals surface area contributed by atoms with Crippen LogP contribution in [-0.2, 0) is 0 Å². The molecule has 4 aliphatic heterocycles. The number of β-amino-alcohol motifs (C(OH)–C–C–N with tert-alkyl or cyclic N) is 1. The zero-order valence-corrected chi connectivity index (χ0v) is 13.9. The largest absolute Gasteiger partial charge is 0.503 e. The molecule has 0 saturated carbocycles. The van der Waals surface area contributed by atoms with Gasteiger partial charge in [0.2, 0.25) is 0 Å². The van der Waals surface area contributed by atoms with E-state index in [4.69, 9.17) is 15.6 Å². The predicted molar refractivity (Wildman–Crippen MR) is 91.1 cm³/mol. The van der Waals surface area contributed by atoms with Crippen LogP contribution in [0.1, 0.15) is 24.4 Å². The Morgan fingerprint density at radius 1 is 1.29 bits per heavy atom. The molecule has 5 rings (SSSR count). The molecule has 3 fully saturated rings. The number of nitrogen functional groups attached to an aromatic ring is 1. The molecular weight excluding hydrogens is 308 g/mol. The highest BCUT2D eigenvalue weighted by Gasteiger charge is 2.49. The molecule has 130 valence electrons. The van der Waals surface area contributed by atoms with Crippen molar-refractivity contribution >= 4 is 11.4 Å². The van der Waals surface area contributed by atoms with Gasteiger partial charge in [-0.1, -0.05) is 0 Å². The summed E-state index contributed by atoms with van der Waals surface area (Å²) in [7, 11) is 1.52. The van der Waals surface area contributed by atoms with E-state index in [0.717, 1.165) is 31.5 Å². The number of anilines is 1. The number of nitrogens with two attached hydrogens (primary N) is 1. The van der Waals surface area contributed by atoms with Gasteiger partial charge in [-0.05, 0) is 43.6 Å². The number of fused-ring (bicyclic) bond motifs is 2. The molecule has 0 spiro atoms. The van der Waals surface area contributed by atoms with E-state index in [-0.39, 0.29) is 24.4 Å². The first-order valence-corrected chi connectivity index (χ1v) is 8.50. The number of hydrogen-bond acceptors (Lipinski definition) is 7. The SMILES string of the molecule is COc1cc(C2C3C(=NN2CCO)C2CCN3CC2)cc(N)c1O. The van der Waals surface area contributed by atoms with Gasteiger partial charge in [0.05, 0.1) is 43.7 Å². The molecule has 1 aromatic rings. The number of aromatic hydroxyl groups is 1. The number of phenols is 1. The maximum Gasteiger partial charge on any atom is 0.181 e. The van der Waals surface area contributed by atoms with E-state index in [2.05, 4.69) is 4.90 Å². The second-order valence-corrected chi connectivity index (χ2v) is 6.77. The first kappa shape index (κ1) is 15.5. The summed E-state index contributed by atoms with van der Waals surface area (Å²) in [6.45, 7) is 2.70. The first-order valence-electron chi connectivity index (χ1n) is 8.50. The van der Waals surface area contributed by atoms with Crippen molar-refractivity contribution in [2.24, 2.45) is 11.0 Å². The quantitative estimate of drug-likeness (QED) is 0.557. The monoisotopic (exact) mass is 332 g/mol. The first-order chi connectivity index (χ1) is 11.6. The second-order valence-electron chi connectivity index (χ2n) is 6.77. The number of phenolic OH excluding ortho intramolecular Hbond substituents is 1. The molecular formula is C17H24N4O3. The van der Waals surface area contributed by atoms with Gasteiger partial charge in [-0.2, -0.15) is 5.10 Å². The standard InChI is InChI=1S/C17H24N4O3/c1-24-13-9-11(8-12(18)17(13)23)15-16-14(19-21(15)6-7-22)10-2-4-20(16)5-3-10/h8-10,15-16,22-23H,2-7,18H2,1H3. The van der Waals surface area contributed by atoms with E-state index < -0.39 is 0 Å². The van der Waals surface area contributed by atoms with Crippen molar-refractivity contribution in [1.82, 2.24) is 9.91 Å². The number of rotatable bonds is 4. The van der Waals surface area contributed by atoms with Gasteiger partial charge < -0.3 is 20.7 Å². The third-order valence-electron chi connectivity index (χ3n) is 5.53. The van der Waals surface area contributed by atoms with Gasteiger partial charge in [0.15, 0.2) is 11.5 Å². The molecule has 0 amide bonds. The molecule has 4 heterocycles. The summed E-state index contributed by atoms with van der Waals surface area (Å²) in [5, 5.41) is 26.3. The van der Waals surface area contributed by atoms with Gasteiger partial charge in [0.25, 0.3) is 0 Å². The van der Waals surface area contributed by atoms with Crippen LogP contribution < -0.4 is 10.5 Å². The summed E-state index contributed by atoms with van der Waals surface area (Å²) in [4.78, 5) is 2.48. The molecule has 0 radical (unpaired) electrons. The van der Waals surface area contributed by atoms with Gasteiger partial charge in [-0.15, -0.1) is 0 Å². The number of hydrazone groups is 1. The predicted octanol–water partition coefficient (Wildman–Crippen LogP) is 0.782. The minimum atomic E-state index is -0.0282. The molecule has 2 atom stereocenters. The fraction of sp³-hybridized carbons (Fsp3) is 0.588. The van der Waals surface area contributed by atoms with Crippen LogP contribution in [0, 0.1) is 5.92 Å². The lowest BCUT2D eigenvalue weighted by atomic mass is 9.78. The van der Waals surface area contributed by atoms with E-state index >= 15 is 0 Å². The lowest BCUT2D eigenvalue weighted by Gasteiger charge is -2.46. The van der Waals surface area contributed by atoms with E-state index in [1.165, 1.54) is 12.8 Å². The van der Waals surface area contributed by atoms with Gasteiger partial charge in [-0.3, -0.25) is 9.91 Å². The molecule has 24 heavy (non-hydrogen) atoms. The number of aliphatic hydroxyl groups excluding tert-OH is 1. The highest BCUT2D eigenvalue weighted by Crippen LogP contribution is 2.45. The minimum Gasteiger partial charge on any atom is -0.503 e. The lowest BCUT2D eigenvalue weighted by Crippen LogP contribution is -2.56. The number of hydrogen-bond donors (Lipinski definition) is 3. The second kappa shape index (κ2) is 5.82. The van der Waals surface area contributed by atoms with Crippen LogP contribution in [-0.4, -0.2) is 65.2 Å². The van der Waals surface area contributed by atoms with Gasteiger partial charge in [-0.25, -0.2) is 0 Å². The van der Waals surface area contributed by atoms with E-state index in [1.807, 2.05) is 11.1 Å². The van der Waals surface area contributed by atoms with Gasteiger partial charge in [0.1, 0.15) is 0 Å². The zero-order valence-electron chi connectivity index (χ0n) is 13.9. The summed E-state index contributed by atoms with van der Waals surface area (Å²) in [6.07, 6.45) is 2.33. The Bertz CT molecular complexity index is 670. The number of benzene rings is 1. The topological polar surface area (TPSA) is 94.6 Å². The van der Waals surface area contributed by atoms with Gasteiger partial charge >= 0.3 is 0 Å². The smallest absolute Gasteiger partial charge is 0.181 e. The summed E-state index contributed by atoms with van der Waals surface area (Å²) in [5.74, 6) is 0.889. The zero-order chi connectivity index (χ0) is 16.8. The van der Waals surface area contributed by atoms with E-state index in [9.17, 15) is 10.2 Å². The Morgan fingerprint density at radius 2 is 2.04 bits per heavy atom. The van der Waals surface area contributed by atoms with Crippen LogP contribution in [0.25, 0.3) is 0 Å². The molecule has 0 aromatic heterocycles. The number of methoxy groups -OCH3 is 1. The Balaban J connectivity index is 1.77. The number of ether oxygens (including phenoxy) is 1. The Morgan fingerprint density at radius 3 is 2.71 bits per heavy atom. The lowest BCUT2D eigenvalue weighted by molar-refractivity contribution is 0.0873.